The minimum absolute atomic E-state index is 0.445. The maximum Gasteiger partial charge on any atom is 0.0374 e. The third-order valence-electron chi connectivity index (χ3n) is 4.23. The maximum absolute atomic E-state index is 3.54. The van der Waals surface area contributed by atoms with Crippen LogP contribution in [0.5, 0.6) is 0 Å². The fourth-order valence-corrected chi connectivity index (χ4v) is 3.26. The van der Waals surface area contributed by atoms with Crippen LogP contribution < -0.4 is 5.32 Å². The standard InChI is InChI=1S/C15H23N/c1-12-8-4-5-9-13(12)14(16-3)15(2)10-6-7-11-15/h4-5,8-9,14,16H,6-7,10-11H2,1-3H3. The van der Waals surface area contributed by atoms with Gasteiger partial charge in [-0.3, -0.25) is 0 Å². The molecule has 0 saturated heterocycles. The van der Waals surface area contributed by atoms with E-state index in [4.69, 9.17) is 0 Å². The average molecular weight is 217 g/mol. The van der Waals surface area contributed by atoms with Gasteiger partial charge in [-0.2, -0.15) is 0 Å². The van der Waals surface area contributed by atoms with Gasteiger partial charge in [0, 0.05) is 6.04 Å². The Morgan fingerprint density at radius 3 is 2.38 bits per heavy atom. The molecule has 1 fully saturated rings. The van der Waals surface area contributed by atoms with E-state index in [1.165, 1.54) is 36.8 Å². The number of hydrogen-bond acceptors (Lipinski definition) is 1. The molecule has 1 N–H and O–H groups in total. The van der Waals surface area contributed by atoms with Gasteiger partial charge in [0.2, 0.25) is 0 Å². The Morgan fingerprint density at radius 2 is 1.81 bits per heavy atom. The monoisotopic (exact) mass is 217 g/mol. The lowest BCUT2D eigenvalue weighted by Crippen LogP contribution is -2.32. The number of aryl methyl sites for hydroxylation is 1. The van der Waals surface area contributed by atoms with Crippen LogP contribution in [-0.4, -0.2) is 7.05 Å². The molecule has 0 radical (unpaired) electrons. The molecule has 1 unspecified atom stereocenters. The van der Waals surface area contributed by atoms with E-state index in [1.807, 2.05) is 0 Å². The van der Waals surface area contributed by atoms with Crippen molar-refractivity contribution in [2.75, 3.05) is 7.05 Å². The highest BCUT2D eigenvalue weighted by molar-refractivity contribution is 5.30. The predicted octanol–water partition coefficient (Wildman–Crippen LogP) is 3.84. The molecule has 1 aromatic rings. The molecule has 2 rings (SSSR count). The molecule has 0 aliphatic heterocycles. The molecule has 1 atom stereocenters. The molecular formula is C15H23N. The third kappa shape index (κ3) is 2.01. The molecular weight excluding hydrogens is 194 g/mol. The summed E-state index contributed by atoms with van der Waals surface area (Å²) in [5.74, 6) is 0. The van der Waals surface area contributed by atoms with Crippen molar-refractivity contribution in [1.29, 1.82) is 0 Å². The summed E-state index contributed by atoms with van der Waals surface area (Å²) in [5, 5.41) is 3.54. The summed E-state index contributed by atoms with van der Waals surface area (Å²) in [6.45, 7) is 4.66. The van der Waals surface area contributed by atoms with Crippen LogP contribution in [0.3, 0.4) is 0 Å². The SMILES string of the molecule is CNC(c1ccccc1C)C1(C)CCCC1. The third-order valence-corrected chi connectivity index (χ3v) is 4.23. The number of rotatable bonds is 3. The first kappa shape index (κ1) is 11.7. The molecule has 88 valence electrons. The second kappa shape index (κ2) is 4.58. The minimum atomic E-state index is 0.445. The van der Waals surface area contributed by atoms with Crippen molar-refractivity contribution in [3.63, 3.8) is 0 Å². The van der Waals surface area contributed by atoms with Gasteiger partial charge < -0.3 is 5.32 Å². The van der Waals surface area contributed by atoms with Crippen LogP contribution in [0.4, 0.5) is 0 Å². The molecule has 1 aromatic carbocycles. The quantitative estimate of drug-likeness (QED) is 0.811. The first-order valence-corrected chi connectivity index (χ1v) is 6.40. The zero-order valence-electron chi connectivity index (χ0n) is 10.7. The van der Waals surface area contributed by atoms with Gasteiger partial charge in [0.25, 0.3) is 0 Å². The number of hydrogen-bond donors (Lipinski definition) is 1. The second-order valence-electron chi connectivity index (χ2n) is 5.44. The first-order chi connectivity index (χ1) is 7.67. The highest BCUT2D eigenvalue weighted by atomic mass is 14.9. The summed E-state index contributed by atoms with van der Waals surface area (Å²) >= 11 is 0. The summed E-state index contributed by atoms with van der Waals surface area (Å²) < 4.78 is 0. The van der Waals surface area contributed by atoms with E-state index < -0.39 is 0 Å². The molecule has 1 aliphatic rings. The van der Waals surface area contributed by atoms with Crippen LogP contribution in [0.2, 0.25) is 0 Å². The minimum Gasteiger partial charge on any atom is -0.313 e. The van der Waals surface area contributed by atoms with Crippen molar-refractivity contribution in [2.45, 2.75) is 45.6 Å². The van der Waals surface area contributed by atoms with E-state index in [-0.39, 0.29) is 0 Å². The first-order valence-electron chi connectivity index (χ1n) is 6.40. The van der Waals surface area contributed by atoms with Crippen molar-refractivity contribution >= 4 is 0 Å². The Bertz CT molecular complexity index is 350. The van der Waals surface area contributed by atoms with Crippen LogP contribution >= 0.6 is 0 Å². The van der Waals surface area contributed by atoms with E-state index in [0.717, 1.165) is 0 Å². The van der Waals surface area contributed by atoms with Crippen LogP contribution in [0, 0.1) is 12.3 Å². The van der Waals surface area contributed by atoms with Gasteiger partial charge in [-0.15, -0.1) is 0 Å². The van der Waals surface area contributed by atoms with Gasteiger partial charge in [-0.25, -0.2) is 0 Å². The van der Waals surface area contributed by atoms with E-state index in [1.54, 1.807) is 0 Å². The molecule has 1 heteroatoms. The van der Waals surface area contributed by atoms with E-state index in [0.29, 0.717) is 11.5 Å². The van der Waals surface area contributed by atoms with Gasteiger partial charge in [0.1, 0.15) is 0 Å². The molecule has 16 heavy (non-hydrogen) atoms. The Morgan fingerprint density at radius 1 is 1.19 bits per heavy atom. The van der Waals surface area contributed by atoms with Crippen molar-refractivity contribution in [3.05, 3.63) is 35.4 Å². The summed E-state index contributed by atoms with van der Waals surface area (Å²) in [6.07, 6.45) is 5.49. The van der Waals surface area contributed by atoms with Crippen molar-refractivity contribution in [2.24, 2.45) is 5.41 Å². The zero-order valence-corrected chi connectivity index (χ0v) is 10.7. The molecule has 0 spiro atoms. The Kier molecular flexibility index (Phi) is 3.34. The molecule has 0 aromatic heterocycles. The summed E-state index contributed by atoms with van der Waals surface area (Å²) in [6, 6.07) is 9.29. The predicted molar refractivity (Wildman–Crippen MR) is 69.6 cm³/mol. The Labute approximate surface area is 99.3 Å². The number of nitrogens with one attached hydrogen (secondary N) is 1. The molecule has 0 amide bonds. The van der Waals surface area contributed by atoms with Gasteiger partial charge in [-0.1, -0.05) is 44.0 Å². The summed E-state index contributed by atoms with van der Waals surface area (Å²) in [5.41, 5.74) is 3.34. The Hall–Kier alpha value is -0.820. The van der Waals surface area contributed by atoms with Crippen molar-refractivity contribution in [3.8, 4) is 0 Å². The van der Waals surface area contributed by atoms with Gasteiger partial charge >= 0.3 is 0 Å². The lowest BCUT2D eigenvalue weighted by molar-refractivity contribution is 0.233. The maximum atomic E-state index is 3.54. The highest BCUT2D eigenvalue weighted by Gasteiger charge is 2.37. The molecule has 1 saturated carbocycles. The molecule has 0 bridgehead atoms. The van der Waals surface area contributed by atoms with Crippen LogP contribution in [0.25, 0.3) is 0 Å². The van der Waals surface area contributed by atoms with Crippen LogP contribution in [0.1, 0.15) is 49.8 Å². The summed E-state index contributed by atoms with van der Waals surface area (Å²) in [7, 11) is 2.10. The second-order valence-corrected chi connectivity index (χ2v) is 5.44. The Balaban J connectivity index is 2.32. The van der Waals surface area contributed by atoms with E-state index >= 15 is 0 Å². The van der Waals surface area contributed by atoms with E-state index in [2.05, 4.69) is 50.5 Å². The van der Waals surface area contributed by atoms with Crippen LogP contribution in [0.15, 0.2) is 24.3 Å². The highest BCUT2D eigenvalue weighted by Crippen LogP contribution is 2.47. The van der Waals surface area contributed by atoms with Crippen LogP contribution in [-0.2, 0) is 0 Å². The fourth-order valence-electron chi connectivity index (χ4n) is 3.26. The van der Waals surface area contributed by atoms with Crippen molar-refractivity contribution in [1.82, 2.24) is 5.32 Å². The number of benzene rings is 1. The lowest BCUT2D eigenvalue weighted by atomic mass is 9.76. The van der Waals surface area contributed by atoms with Crippen molar-refractivity contribution < 1.29 is 0 Å². The topological polar surface area (TPSA) is 12.0 Å². The van der Waals surface area contributed by atoms with E-state index in [9.17, 15) is 0 Å². The zero-order chi connectivity index (χ0) is 11.6. The molecule has 1 nitrogen and oxygen atoms in total. The smallest absolute Gasteiger partial charge is 0.0374 e. The van der Waals surface area contributed by atoms with Gasteiger partial charge in [0.15, 0.2) is 0 Å². The molecule has 1 aliphatic carbocycles. The average Bonchev–Trinajstić information content (AvgIpc) is 2.70. The normalized spacial score (nSPS) is 20.9. The lowest BCUT2D eigenvalue weighted by Gasteiger charge is -2.35. The van der Waals surface area contributed by atoms with Gasteiger partial charge in [-0.05, 0) is 43.4 Å². The largest absolute Gasteiger partial charge is 0.313 e. The van der Waals surface area contributed by atoms with Gasteiger partial charge in [0.05, 0.1) is 0 Å². The fraction of sp³-hybridized carbons (Fsp3) is 0.600. The summed E-state index contributed by atoms with van der Waals surface area (Å²) in [4.78, 5) is 0. The molecule has 0 heterocycles.